The number of benzene rings is 3. The smallest absolute Gasteiger partial charge is 0.321 e. The van der Waals surface area contributed by atoms with Crippen LogP contribution in [-0.2, 0) is 6.42 Å². The summed E-state index contributed by atoms with van der Waals surface area (Å²) in [7, 11) is 0. The minimum absolute atomic E-state index is 0.155. The number of amides is 3. The summed E-state index contributed by atoms with van der Waals surface area (Å²) in [5.74, 6) is -0.831. The van der Waals surface area contributed by atoms with E-state index in [2.05, 4.69) is 28.4 Å². The van der Waals surface area contributed by atoms with Crippen molar-refractivity contribution in [3.05, 3.63) is 107 Å². The van der Waals surface area contributed by atoms with Crippen LogP contribution in [-0.4, -0.2) is 56.0 Å². The van der Waals surface area contributed by atoms with Gasteiger partial charge in [-0.05, 0) is 78.8 Å². The van der Waals surface area contributed by atoms with Gasteiger partial charge in [-0.25, -0.2) is 23.1 Å². The van der Waals surface area contributed by atoms with E-state index in [-0.39, 0.29) is 34.9 Å². The second-order valence-corrected chi connectivity index (χ2v) is 11.9. The molecule has 0 spiro atoms. The van der Waals surface area contributed by atoms with Crippen LogP contribution < -0.4 is 5.32 Å². The van der Waals surface area contributed by atoms with Crippen molar-refractivity contribution in [1.29, 1.82) is 0 Å². The Labute approximate surface area is 259 Å². The van der Waals surface area contributed by atoms with Crippen LogP contribution in [0.1, 0.15) is 47.9 Å². The molecule has 0 unspecified atom stereocenters. The number of nitrogens with one attached hydrogen (secondary N) is 1. The Kier molecular flexibility index (Phi) is 7.27. The number of anilines is 1. The number of likely N-dealkylation sites (tertiary alicyclic amines) is 1. The number of carbonyl (C=O) groups excluding carboxylic acids is 2. The first-order valence-corrected chi connectivity index (χ1v) is 15.2. The highest BCUT2D eigenvalue weighted by molar-refractivity contribution is 5.95. The van der Waals surface area contributed by atoms with Crippen molar-refractivity contribution in [3.8, 4) is 22.4 Å². The second kappa shape index (κ2) is 11.4. The largest absolute Gasteiger partial charge is 0.330 e. The molecule has 0 bridgehead atoms. The van der Waals surface area contributed by atoms with Gasteiger partial charge in [-0.1, -0.05) is 43.3 Å². The zero-order valence-electron chi connectivity index (χ0n) is 25.0. The van der Waals surface area contributed by atoms with E-state index in [4.69, 9.17) is 0 Å². The van der Waals surface area contributed by atoms with Crippen molar-refractivity contribution in [2.24, 2.45) is 5.92 Å². The molecule has 1 saturated heterocycles. The number of urea groups is 1. The molecule has 3 aromatic carbocycles. The number of halogens is 2. The van der Waals surface area contributed by atoms with Gasteiger partial charge in [0, 0.05) is 36.4 Å². The van der Waals surface area contributed by atoms with Crippen molar-refractivity contribution in [2.75, 3.05) is 25.0 Å². The van der Waals surface area contributed by atoms with Gasteiger partial charge in [0.2, 0.25) is 0 Å². The maximum absolute atomic E-state index is 15.5. The average molecular weight is 607 g/mol. The molecule has 0 radical (unpaired) electrons. The van der Waals surface area contributed by atoms with E-state index in [0.29, 0.717) is 48.0 Å². The molecule has 8 nitrogen and oxygen atoms in total. The number of aromatic nitrogens is 3. The number of nitrogens with zero attached hydrogens (tertiary/aromatic N) is 5. The molecule has 2 aromatic heterocycles. The quantitative estimate of drug-likeness (QED) is 0.240. The summed E-state index contributed by atoms with van der Waals surface area (Å²) in [6.07, 6.45) is 3.23. The predicted molar refractivity (Wildman–Crippen MR) is 168 cm³/mol. The van der Waals surface area contributed by atoms with E-state index >= 15 is 4.39 Å². The molecule has 2 aliphatic rings. The lowest BCUT2D eigenvalue weighted by atomic mass is 9.93. The number of rotatable bonds is 4. The first-order valence-electron chi connectivity index (χ1n) is 15.2. The van der Waals surface area contributed by atoms with Crippen molar-refractivity contribution < 1.29 is 18.4 Å². The van der Waals surface area contributed by atoms with Gasteiger partial charge in [-0.15, -0.1) is 0 Å². The minimum Gasteiger partial charge on any atom is -0.330 e. The van der Waals surface area contributed by atoms with Crippen LogP contribution in [0.25, 0.3) is 28.0 Å². The highest BCUT2D eigenvalue weighted by Crippen LogP contribution is 2.33. The third kappa shape index (κ3) is 5.41. The second-order valence-electron chi connectivity index (χ2n) is 11.9. The lowest BCUT2D eigenvalue weighted by molar-refractivity contribution is 0.0670. The van der Waals surface area contributed by atoms with Crippen LogP contribution in [0, 0.1) is 17.6 Å². The van der Waals surface area contributed by atoms with E-state index in [0.717, 1.165) is 18.4 Å². The van der Waals surface area contributed by atoms with Crippen LogP contribution in [0.3, 0.4) is 0 Å². The van der Waals surface area contributed by atoms with Crippen molar-refractivity contribution in [1.82, 2.24) is 24.4 Å². The molecule has 2 aliphatic heterocycles. The van der Waals surface area contributed by atoms with Crippen molar-refractivity contribution in [3.63, 3.8) is 0 Å². The molecule has 0 saturated carbocycles. The topological polar surface area (TPSA) is 82.8 Å². The van der Waals surface area contributed by atoms with Gasteiger partial charge < -0.3 is 15.1 Å². The summed E-state index contributed by atoms with van der Waals surface area (Å²) in [5.41, 5.74) is 4.67. The predicted octanol–water partition coefficient (Wildman–Crippen LogP) is 6.97. The lowest BCUT2D eigenvalue weighted by Gasteiger charge is -2.35. The van der Waals surface area contributed by atoms with Gasteiger partial charge in [0.1, 0.15) is 17.3 Å². The van der Waals surface area contributed by atoms with Crippen molar-refractivity contribution >= 4 is 23.3 Å². The van der Waals surface area contributed by atoms with E-state index in [9.17, 15) is 14.0 Å². The number of imidazole rings is 1. The molecule has 2 atom stereocenters. The van der Waals surface area contributed by atoms with E-state index in [1.54, 1.807) is 46.3 Å². The Balaban J connectivity index is 1.25. The third-order valence-electron chi connectivity index (χ3n) is 8.84. The number of carbonyl (C=O) groups is 2. The highest BCUT2D eigenvalue weighted by atomic mass is 19.1. The first-order chi connectivity index (χ1) is 21.7. The van der Waals surface area contributed by atoms with Gasteiger partial charge in [0.05, 0.1) is 17.9 Å². The normalized spacial score (nSPS) is 17.9. The van der Waals surface area contributed by atoms with Crippen LogP contribution >= 0.6 is 0 Å². The molecule has 1 fully saturated rings. The zero-order chi connectivity index (χ0) is 31.2. The summed E-state index contributed by atoms with van der Waals surface area (Å²) in [6, 6.07) is 19.8. The Bertz CT molecular complexity index is 1960. The van der Waals surface area contributed by atoms with Gasteiger partial charge >= 0.3 is 6.03 Å². The number of hydrogen-bond acceptors (Lipinski definition) is 4. The summed E-state index contributed by atoms with van der Waals surface area (Å²) >= 11 is 0. The first kappa shape index (κ1) is 28.6. The standard InChI is InChI=1S/C35H32F2N6O2/c1-21-12-14-41(19-21)35(45)38-26-10-11-28(30(37)17-26)32-20-43-33(39-32)29(24-7-5-8-25(36)16-24)18-31(40-43)34(44)42-15-13-23-6-3-4-9-27(23)22(42)2/h3-11,16-18,20-22H,12-15,19H2,1-2H3,(H,38,45)/t21-,22-/m1/s1. The molecule has 3 amide bonds. The fourth-order valence-electron chi connectivity index (χ4n) is 6.40. The Morgan fingerprint density at radius 3 is 2.56 bits per heavy atom. The molecule has 1 N–H and O–H groups in total. The zero-order valence-corrected chi connectivity index (χ0v) is 25.0. The van der Waals surface area contributed by atoms with Crippen LogP contribution in [0.2, 0.25) is 0 Å². The molecule has 228 valence electrons. The Hall–Kier alpha value is -5.12. The summed E-state index contributed by atoms with van der Waals surface area (Å²) < 4.78 is 31.3. The summed E-state index contributed by atoms with van der Waals surface area (Å²) in [4.78, 5) is 34.8. The summed E-state index contributed by atoms with van der Waals surface area (Å²) in [5, 5.41) is 7.40. The third-order valence-corrected chi connectivity index (χ3v) is 8.84. The average Bonchev–Trinajstić information content (AvgIpc) is 3.67. The maximum Gasteiger partial charge on any atom is 0.321 e. The van der Waals surface area contributed by atoms with Gasteiger partial charge in [-0.2, -0.15) is 5.10 Å². The monoisotopic (exact) mass is 606 g/mol. The van der Waals surface area contributed by atoms with Crippen LogP contribution in [0.5, 0.6) is 0 Å². The van der Waals surface area contributed by atoms with Crippen LogP contribution in [0.4, 0.5) is 19.3 Å². The Morgan fingerprint density at radius 1 is 0.933 bits per heavy atom. The van der Waals surface area contributed by atoms with Gasteiger partial charge in [-0.3, -0.25) is 4.79 Å². The number of fused-ring (bicyclic) bond motifs is 2. The molecular formula is C35H32F2N6O2. The minimum atomic E-state index is -0.574. The molecule has 45 heavy (non-hydrogen) atoms. The fourth-order valence-corrected chi connectivity index (χ4v) is 6.40. The molecule has 5 aromatic rings. The maximum atomic E-state index is 15.5. The van der Waals surface area contributed by atoms with Gasteiger partial charge in [0.25, 0.3) is 5.91 Å². The molecule has 4 heterocycles. The highest BCUT2D eigenvalue weighted by Gasteiger charge is 2.30. The molecular weight excluding hydrogens is 574 g/mol. The number of hydrogen-bond donors (Lipinski definition) is 1. The van der Waals surface area contributed by atoms with Crippen LogP contribution in [0.15, 0.2) is 79.0 Å². The molecule has 0 aliphatic carbocycles. The SMILES string of the molecule is C[C@@H]1CCN(C(=O)Nc2ccc(-c3cn4nc(C(=O)N5CCc6ccccc6[C@H]5C)cc(-c5cccc(F)c5)c4n3)c(F)c2)C1. The van der Waals surface area contributed by atoms with Gasteiger partial charge in [0.15, 0.2) is 5.65 Å². The molecule has 7 rings (SSSR count). The van der Waals surface area contributed by atoms with E-state index < -0.39 is 11.6 Å². The lowest BCUT2D eigenvalue weighted by Crippen LogP contribution is -2.39. The summed E-state index contributed by atoms with van der Waals surface area (Å²) in [6.45, 7) is 5.97. The van der Waals surface area contributed by atoms with E-state index in [1.165, 1.54) is 28.3 Å². The Morgan fingerprint density at radius 2 is 1.78 bits per heavy atom. The fraction of sp³-hybridized carbons (Fsp3) is 0.257. The van der Waals surface area contributed by atoms with E-state index in [1.807, 2.05) is 25.1 Å². The molecule has 10 heteroatoms. The van der Waals surface area contributed by atoms with Crippen molar-refractivity contribution in [2.45, 2.75) is 32.7 Å².